The van der Waals surface area contributed by atoms with E-state index < -0.39 is 0 Å². The maximum atomic E-state index is 2.76. The normalized spacial score (nSPS) is 27.9. The second-order valence-electron chi connectivity index (χ2n) is 7.23. The van der Waals surface area contributed by atoms with E-state index in [-0.39, 0.29) is 0 Å². The zero-order chi connectivity index (χ0) is 14.8. The van der Waals surface area contributed by atoms with Crippen molar-refractivity contribution in [1.29, 1.82) is 0 Å². The number of aryl methyl sites for hydroxylation is 2. The van der Waals surface area contributed by atoms with Gasteiger partial charge < -0.3 is 4.90 Å². The van der Waals surface area contributed by atoms with E-state index in [9.17, 15) is 0 Å². The Bertz CT molecular complexity index is 466. The van der Waals surface area contributed by atoms with Crippen LogP contribution in [0, 0.1) is 19.8 Å². The van der Waals surface area contributed by atoms with Crippen molar-refractivity contribution >= 4 is 5.69 Å². The van der Waals surface area contributed by atoms with Gasteiger partial charge in [-0.3, -0.25) is 4.90 Å². The van der Waals surface area contributed by atoms with E-state index in [0.717, 1.165) is 12.0 Å². The third-order valence-electron chi connectivity index (χ3n) is 5.52. The molecule has 2 fully saturated rings. The van der Waals surface area contributed by atoms with Gasteiger partial charge in [-0.05, 0) is 62.6 Å². The molecule has 116 valence electrons. The predicted octanol–water partition coefficient (Wildman–Crippen LogP) is 4.00. The van der Waals surface area contributed by atoms with E-state index in [1.807, 2.05) is 0 Å². The van der Waals surface area contributed by atoms with E-state index in [1.165, 1.54) is 68.7 Å². The SMILES string of the molecule is Cc1ccc(C)c(N2CCN(C3CCC(C)CC3)CC2)c1. The molecule has 0 aromatic heterocycles. The summed E-state index contributed by atoms with van der Waals surface area (Å²) in [6.07, 6.45) is 5.71. The van der Waals surface area contributed by atoms with Crippen LogP contribution in [0.5, 0.6) is 0 Å². The summed E-state index contributed by atoms with van der Waals surface area (Å²) in [6.45, 7) is 11.7. The van der Waals surface area contributed by atoms with E-state index in [2.05, 4.69) is 48.8 Å². The summed E-state index contributed by atoms with van der Waals surface area (Å²) >= 11 is 0. The molecule has 0 radical (unpaired) electrons. The highest BCUT2D eigenvalue weighted by Crippen LogP contribution is 2.29. The van der Waals surface area contributed by atoms with Crippen molar-refractivity contribution < 1.29 is 0 Å². The fourth-order valence-corrected chi connectivity index (χ4v) is 4.00. The van der Waals surface area contributed by atoms with Crippen LogP contribution in [0.4, 0.5) is 5.69 Å². The van der Waals surface area contributed by atoms with Crippen molar-refractivity contribution in [2.45, 2.75) is 52.5 Å². The number of anilines is 1. The molecule has 0 N–H and O–H groups in total. The molecular weight excluding hydrogens is 256 g/mol. The summed E-state index contributed by atoms with van der Waals surface area (Å²) in [5.74, 6) is 0.956. The quantitative estimate of drug-likeness (QED) is 0.810. The summed E-state index contributed by atoms with van der Waals surface area (Å²) < 4.78 is 0. The summed E-state index contributed by atoms with van der Waals surface area (Å²) in [6, 6.07) is 7.70. The maximum Gasteiger partial charge on any atom is 0.0399 e. The van der Waals surface area contributed by atoms with Gasteiger partial charge in [-0.2, -0.15) is 0 Å². The third kappa shape index (κ3) is 3.42. The number of piperazine rings is 1. The molecule has 0 bridgehead atoms. The topological polar surface area (TPSA) is 6.48 Å². The van der Waals surface area contributed by atoms with E-state index in [1.54, 1.807) is 0 Å². The van der Waals surface area contributed by atoms with Crippen LogP contribution in [0.25, 0.3) is 0 Å². The Morgan fingerprint density at radius 2 is 1.57 bits per heavy atom. The van der Waals surface area contributed by atoms with Crippen LogP contribution in [0.15, 0.2) is 18.2 Å². The third-order valence-corrected chi connectivity index (χ3v) is 5.52. The van der Waals surface area contributed by atoms with Crippen molar-refractivity contribution in [2.24, 2.45) is 5.92 Å². The first-order valence-electron chi connectivity index (χ1n) is 8.70. The molecule has 1 heterocycles. The molecule has 2 nitrogen and oxygen atoms in total. The van der Waals surface area contributed by atoms with Crippen molar-refractivity contribution in [3.63, 3.8) is 0 Å². The van der Waals surface area contributed by atoms with Gasteiger partial charge in [-0.15, -0.1) is 0 Å². The lowest BCUT2D eigenvalue weighted by molar-refractivity contribution is 0.133. The van der Waals surface area contributed by atoms with Gasteiger partial charge in [0.2, 0.25) is 0 Å². The number of hydrogen-bond acceptors (Lipinski definition) is 2. The fraction of sp³-hybridized carbons (Fsp3) is 0.684. The first kappa shape index (κ1) is 14.9. The molecule has 1 aromatic carbocycles. The Hall–Kier alpha value is -1.02. The van der Waals surface area contributed by atoms with Gasteiger partial charge in [0.15, 0.2) is 0 Å². The lowest BCUT2D eigenvalue weighted by atomic mass is 9.86. The van der Waals surface area contributed by atoms with Gasteiger partial charge in [-0.25, -0.2) is 0 Å². The Kier molecular flexibility index (Phi) is 4.54. The predicted molar refractivity (Wildman–Crippen MR) is 91.1 cm³/mol. The molecular formula is C19H30N2. The van der Waals surface area contributed by atoms with Crippen molar-refractivity contribution in [3.8, 4) is 0 Å². The second kappa shape index (κ2) is 6.39. The van der Waals surface area contributed by atoms with Crippen molar-refractivity contribution in [2.75, 3.05) is 31.1 Å². The van der Waals surface area contributed by atoms with Crippen LogP contribution in [0.3, 0.4) is 0 Å². The van der Waals surface area contributed by atoms with Gasteiger partial charge in [0.1, 0.15) is 0 Å². The molecule has 1 saturated heterocycles. The molecule has 3 rings (SSSR count). The Balaban J connectivity index is 1.59. The fourth-order valence-electron chi connectivity index (χ4n) is 4.00. The molecule has 1 saturated carbocycles. The minimum absolute atomic E-state index is 0.863. The van der Waals surface area contributed by atoms with Crippen molar-refractivity contribution in [3.05, 3.63) is 29.3 Å². The maximum absolute atomic E-state index is 2.76. The Morgan fingerprint density at radius 1 is 0.905 bits per heavy atom. The first-order chi connectivity index (χ1) is 10.1. The average molecular weight is 286 g/mol. The zero-order valence-corrected chi connectivity index (χ0v) is 13.9. The number of nitrogens with zero attached hydrogens (tertiary/aromatic N) is 2. The standard InChI is InChI=1S/C19H30N2/c1-15-5-8-18(9-6-15)20-10-12-21(13-11-20)19-14-16(2)4-7-17(19)3/h4,7,14-15,18H,5-6,8-13H2,1-3H3. The molecule has 0 atom stereocenters. The summed E-state index contributed by atoms with van der Waals surface area (Å²) in [5.41, 5.74) is 4.24. The summed E-state index contributed by atoms with van der Waals surface area (Å²) in [4.78, 5) is 5.35. The average Bonchev–Trinajstić information content (AvgIpc) is 2.51. The van der Waals surface area contributed by atoms with Gasteiger partial charge in [0.25, 0.3) is 0 Å². The Morgan fingerprint density at radius 3 is 2.24 bits per heavy atom. The van der Waals surface area contributed by atoms with E-state index in [0.29, 0.717) is 0 Å². The Labute approximate surface area is 130 Å². The molecule has 21 heavy (non-hydrogen) atoms. The molecule has 1 aromatic rings. The first-order valence-corrected chi connectivity index (χ1v) is 8.70. The van der Waals surface area contributed by atoms with Crippen LogP contribution in [-0.4, -0.2) is 37.1 Å². The number of hydrogen-bond donors (Lipinski definition) is 0. The smallest absolute Gasteiger partial charge is 0.0399 e. The molecule has 2 aliphatic rings. The van der Waals surface area contributed by atoms with Gasteiger partial charge in [0, 0.05) is 37.9 Å². The highest BCUT2D eigenvalue weighted by molar-refractivity contribution is 5.55. The molecule has 0 unspecified atom stereocenters. The van der Waals surface area contributed by atoms with Gasteiger partial charge in [0.05, 0.1) is 0 Å². The summed E-state index contributed by atoms with van der Waals surface area (Å²) in [5, 5.41) is 0. The largest absolute Gasteiger partial charge is 0.369 e. The van der Waals surface area contributed by atoms with E-state index in [4.69, 9.17) is 0 Å². The van der Waals surface area contributed by atoms with Crippen LogP contribution < -0.4 is 4.90 Å². The van der Waals surface area contributed by atoms with Crippen LogP contribution >= 0.6 is 0 Å². The van der Waals surface area contributed by atoms with Gasteiger partial charge in [-0.1, -0.05) is 19.1 Å². The van der Waals surface area contributed by atoms with Crippen molar-refractivity contribution in [1.82, 2.24) is 4.90 Å². The molecule has 2 heteroatoms. The van der Waals surface area contributed by atoms with Gasteiger partial charge >= 0.3 is 0 Å². The van der Waals surface area contributed by atoms with Crippen LogP contribution in [0.1, 0.15) is 43.7 Å². The minimum Gasteiger partial charge on any atom is -0.369 e. The molecule has 0 spiro atoms. The van der Waals surface area contributed by atoms with E-state index >= 15 is 0 Å². The lowest BCUT2D eigenvalue weighted by Crippen LogP contribution is -2.51. The molecule has 1 aliphatic heterocycles. The zero-order valence-electron chi connectivity index (χ0n) is 13.9. The highest BCUT2D eigenvalue weighted by Gasteiger charge is 2.27. The monoisotopic (exact) mass is 286 g/mol. The second-order valence-corrected chi connectivity index (χ2v) is 7.23. The number of rotatable bonds is 2. The lowest BCUT2D eigenvalue weighted by Gasteiger charge is -2.42. The van der Waals surface area contributed by atoms with Crippen LogP contribution in [0.2, 0.25) is 0 Å². The van der Waals surface area contributed by atoms with Crippen LogP contribution in [-0.2, 0) is 0 Å². The summed E-state index contributed by atoms with van der Waals surface area (Å²) in [7, 11) is 0. The minimum atomic E-state index is 0.863. The molecule has 1 aliphatic carbocycles. The highest BCUT2D eigenvalue weighted by atomic mass is 15.3. The molecule has 0 amide bonds. The number of benzene rings is 1.